The zero-order chi connectivity index (χ0) is 14.7. The van der Waals surface area contributed by atoms with E-state index in [-0.39, 0.29) is 11.6 Å². The Kier molecular flexibility index (Phi) is 3.69. The van der Waals surface area contributed by atoms with E-state index in [9.17, 15) is 4.79 Å². The van der Waals surface area contributed by atoms with E-state index >= 15 is 0 Å². The third kappa shape index (κ3) is 2.95. The van der Waals surface area contributed by atoms with Crippen molar-refractivity contribution in [3.63, 3.8) is 0 Å². The van der Waals surface area contributed by atoms with Crippen LogP contribution in [0.25, 0.3) is 5.82 Å². The molecule has 3 rings (SSSR count). The minimum absolute atomic E-state index is 0.217. The zero-order valence-corrected chi connectivity index (χ0v) is 12.2. The van der Waals surface area contributed by atoms with Crippen molar-refractivity contribution < 1.29 is 4.79 Å². The van der Waals surface area contributed by atoms with Crippen molar-refractivity contribution in [2.45, 2.75) is 0 Å². The number of carbonyl (C=O) groups excluding carboxylic acids is 1. The molecule has 0 aliphatic carbocycles. The van der Waals surface area contributed by atoms with E-state index in [0.717, 1.165) is 4.47 Å². The Labute approximate surface area is 128 Å². The Hall–Kier alpha value is -2.61. The maximum atomic E-state index is 12.1. The van der Waals surface area contributed by atoms with Crippen molar-refractivity contribution in [1.29, 1.82) is 0 Å². The third-order valence-corrected chi connectivity index (χ3v) is 3.35. The molecule has 7 nitrogen and oxygen atoms in total. The number of nitrogens with zero attached hydrogens (tertiary/aromatic N) is 5. The van der Waals surface area contributed by atoms with Gasteiger partial charge in [0.25, 0.3) is 5.91 Å². The molecule has 1 amide bonds. The minimum atomic E-state index is -0.334. The second kappa shape index (κ2) is 5.80. The highest BCUT2D eigenvalue weighted by Gasteiger charge is 2.10. The predicted molar refractivity (Wildman–Crippen MR) is 79.0 cm³/mol. The van der Waals surface area contributed by atoms with E-state index in [2.05, 4.69) is 41.5 Å². The van der Waals surface area contributed by atoms with Crippen molar-refractivity contribution >= 4 is 27.5 Å². The maximum Gasteiger partial charge on any atom is 0.276 e. The van der Waals surface area contributed by atoms with Gasteiger partial charge in [-0.05, 0) is 40.2 Å². The van der Waals surface area contributed by atoms with E-state index in [1.807, 2.05) is 18.2 Å². The first-order valence-electron chi connectivity index (χ1n) is 5.98. The van der Waals surface area contributed by atoms with Crippen molar-refractivity contribution in [1.82, 2.24) is 25.0 Å². The highest BCUT2D eigenvalue weighted by atomic mass is 79.9. The van der Waals surface area contributed by atoms with Gasteiger partial charge in [0.1, 0.15) is 12.7 Å². The molecule has 3 aromatic rings. The van der Waals surface area contributed by atoms with Crippen molar-refractivity contribution in [3.05, 3.63) is 59.2 Å². The van der Waals surface area contributed by atoms with Crippen LogP contribution in [0.4, 0.5) is 5.69 Å². The van der Waals surface area contributed by atoms with Gasteiger partial charge in [-0.2, -0.15) is 5.10 Å². The average Bonchev–Trinajstić information content (AvgIpc) is 3.04. The van der Waals surface area contributed by atoms with E-state index in [1.165, 1.54) is 17.3 Å². The van der Waals surface area contributed by atoms with Gasteiger partial charge >= 0.3 is 0 Å². The number of aromatic nitrogens is 5. The van der Waals surface area contributed by atoms with Crippen LogP contribution in [-0.2, 0) is 0 Å². The fourth-order valence-electron chi connectivity index (χ4n) is 1.64. The van der Waals surface area contributed by atoms with Crippen LogP contribution < -0.4 is 5.32 Å². The average molecular weight is 345 g/mol. The van der Waals surface area contributed by atoms with Gasteiger partial charge in [0.05, 0.1) is 5.69 Å². The molecule has 0 saturated carbocycles. The smallest absolute Gasteiger partial charge is 0.276 e. The molecular formula is C13H9BrN6O. The highest BCUT2D eigenvalue weighted by Crippen LogP contribution is 2.21. The summed E-state index contributed by atoms with van der Waals surface area (Å²) in [6.07, 6.45) is 2.90. The number of para-hydroxylation sites is 1. The molecule has 0 bridgehead atoms. The number of halogens is 1. The van der Waals surface area contributed by atoms with Crippen LogP contribution in [-0.4, -0.2) is 30.9 Å². The lowest BCUT2D eigenvalue weighted by Crippen LogP contribution is -2.15. The summed E-state index contributed by atoms with van der Waals surface area (Å²) in [6, 6.07) is 10.6. The van der Waals surface area contributed by atoms with Crippen molar-refractivity contribution in [3.8, 4) is 5.82 Å². The van der Waals surface area contributed by atoms with Crippen molar-refractivity contribution in [2.24, 2.45) is 0 Å². The van der Waals surface area contributed by atoms with Gasteiger partial charge in [0.2, 0.25) is 0 Å². The summed E-state index contributed by atoms with van der Waals surface area (Å²) in [5.74, 6) is 0.157. The molecule has 0 fully saturated rings. The van der Waals surface area contributed by atoms with Crippen LogP contribution in [0.2, 0.25) is 0 Å². The fourth-order valence-corrected chi connectivity index (χ4v) is 2.03. The Morgan fingerprint density at radius 2 is 2.00 bits per heavy atom. The summed E-state index contributed by atoms with van der Waals surface area (Å²) < 4.78 is 2.26. The standard InChI is InChI=1S/C13H9BrN6O/c14-9-3-1-2-4-10(9)17-13(21)11-5-6-12(19-18-11)20-8-15-7-16-20/h1-8H,(H,17,21). The number of hydrogen-bond acceptors (Lipinski definition) is 5. The summed E-state index contributed by atoms with van der Waals surface area (Å²) in [5.41, 5.74) is 0.888. The van der Waals surface area contributed by atoms with Crippen LogP contribution in [0, 0.1) is 0 Å². The van der Waals surface area contributed by atoms with E-state index in [1.54, 1.807) is 18.2 Å². The molecule has 0 aliphatic heterocycles. The quantitative estimate of drug-likeness (QED) is 0.785. The van der Waals surface area contributed by atoms with Gasteiger partial charge in [-0.1, -0.05) is 12.1 Å². The SMILES string of the molecule is O=C(Nc1ccccc1Br)c1ccc(-n2cncn2)nn1. The first-order chi connectivity index (χ1) is 10.2. The van der Waals surface area contributed by atoms with Crippen LogP contribution in [0.15, 0.2) is 53.5 Å². The maximum absolute atomic E-state index is 12.1. The zero-order valence-electron chi connectivity index (χ0n) is 10.6. The van der Waals surface area contributed by atoms with E-state index in [0.29, 0.717) is 11.5 Å². The molecule has 0 radical (unpaired) electrons. The molecular weight excluding hydrogens is 336 g/mol. The normalized spacial score (nSPS) is 10.3. The molecule has 2 aromatic heterocycles. The molecule has 8 heteroatoms. The molecule has 2 heterocycles. The Morgan fingerprint density at radius 1 is 1.14 bits per heavy atom. The number of nitrogens with one attached hydrogen (secondary N) is 1. The number of benzene rings is 1. The molecule has 0 aliphatic rings. The molecule has 104 valence electrons. The number of amides is 1. The van der Waals surface area contributed by atoms with Gasteiger partial charge in [-0.25, -0.2) is 9.67 Å². The number of hydrogen-bond donors (Lipinski definition) is 1. The lowest BCUT2D eigenvalue weighted by Gasteiger charge is -2.06. The van der Waals surface area contributed by atoms with Gasteiger partial charge < -0.3 is 5.32 Å². The molecule has 0 spiro atoms. The summed E-state index contributed by atoms with van der Waals surface area (Å²) in [6.45, 7) is 0. The molecule has 0 saturated heterocycles. The molecule has 0 atom stereocenters. The summed E-state index contributed by atoms with van der Waals surface area (Å²) >= 11 is 3.37. The Balaban J connectivity index is 1.78. The summed E-state index contributed by atoms with van der Waals surface area (Å²) in [4.78, 5) is 15.9. The number of carbonyl (C=O) groups is 1. The summed E-state index contributed by atoms with van der Waals surface area (Å²) in [5, 5.41) is 14.5. The van der Waals surface area contributed by atoms with Crippen LogP contribution in [0.1, 0.15) is 10.5 Å². The van der Waals surface area contributed by atoms with E-state index in [4.69, 9.17) is 0 Å². The number of anilines is 1. The number of rotatable bonds is 3. The lowest BCUT2D eigenvalue weighted by molar-refractivity contribution is 0.102. The van der Waals surface area contributed by atoms with Crippen molar-refractivity contribution in [2.75, 3.05) is 5.32 Å². The van der Waals surface area contributed by atoms with E-state index < -0.39 is 0 Å². The molecule has 1 N–H and O–H groups in total. The molecule has 1 aromatic carbocycles. The first-order valence-corrected chi connectivity index (χ1v) is 6.78. The fraction of sp³-hybridized carbons (Fsp3) is 0. The van der Waals surface area contributed by atoms with Crippen LogP contribution in [0.5, 0.6) is 0 Å². The monoisotopic (exact) mass is 344 g/mol. The summed E-state index contributed by atoms with van der Waals surface area (Å²) in [7, 11) is 0. The van der Waals surface area contributed by atoms with Crippen LogP contribution >= 0.6 is 15.9 Å². The lowest BCUT2D eigenvalue weighted by atomic mass is 10.3. The Bertz CT molecular complexity index is 757. The molecule has 0 unspecified atom stereocenters. The van der Waals surface area contributed by atoms with Crippen LogP contribution in [0.3, 0.4) is 0 Å². The molecule has 21 heavy (non-hydrogen) atoms. The third-order valence-electron chi connectivity index (χ3n) is 2.66. The van der Waals surface area contributed by atoms with Gasteiger partial charge in [-0.3, -0.25) is 4.79 Å². The highest BCUT2D eigenvalue weighted by molar-refractivity contribution is 9.10. The minimum Gasteiger partial charge on any atom is -0.320 e. The predicted octanol–water partition coefficient (Wildman–Crippen LogP) is 2.07. The van der Waals surface area contributed by atoms with Gasteiger partial charge in [-0.15, -0.1) is 10.2 Å². The largest absolute Gasteiger partial charge is 0.320 e. The first kappa shape index (κ1) is 13.4. The Morgan fingerprint density at radius 3 is 2.67 bits per heavy atom. The van der Waals surface area contributed by atoms with Gasteiger partial charge in [0, 0.05) is 4.47 Å². The topological polar surface area (TPSA) is 85.6 Å². The second-order valence-electron chi connectivity index (χ2n) is 4.05. The van der Waals surface area contributed by atoms with Gasteiger partial charge in [0.15, 0.2) is 11.5 Å². The second-order valence-corrected chi connectivity index (χ2v) is 4.91.